The molecule has 0 aliphatic carbocycles. The van der Waals surface area contributed by atoms with Crippen LogP contribution in [-0.4, -0.2) is 25.5 Å². The van der Waals surface area contributed by atoms with Crippen LogP contribution in [-0.2, 0) is 6.18 Å². The summed E-state index contributed by atoms with van der Waals surface area (Å²) in [6.07, 6.45) is -4.65. The number of carbonyl (C=O) groups is 1. The number of carbonyl (C=O) groups excluding carboxylic acids is 1. The zero-order valence-electron chi connectivity index (χ0n) is 19.7. The third-order valence-corrected chi connectivity index (χ3v) is 7.01. The van der Waals surface area contributed by atoms with E-state index in [0.717, 1.165) is 34.0 Å². The lowest BCUT2D eigenvalue weighted by Crippen LogP contribution is -2.19. The standard InChI is InChI=1S/C27H20F3N5OS/c1-16-17(2)31-26-33-23(18-10-4-3-5-11-18)34-35(26)25(16)37-22-15-9-8-14-21(22)32-24(36)19-12-6-7-13-20(19)27(28,29)30/h3-15H,1-2H3,(H,32,36). The maximum absolute atomic E-state index is 13.5. The molecule has 0 aliphatic heterocycles. The molecule has 0 fully saturated rings. The minimum Gasteiger partial charge on any atom is -0.321 e. The Morgan fingerprint density at radius 2 is 1.57 bits per heavy atom. The zero-order chi connectivity index (χ0) is 26.2. The Morgan fingerprint density at radius 3 is 2.32 bits per heavy atom. The fourth-order valence-corrected chi connectivity index (χ4v) is 4.86. The SMILES string of the molecule is Cc1nc2nc(-c3ccccc3)nn2c(Sc2ccccc2NC(=O)c2ccccc2C(F)(F)F)c1C. The number of nitrogens with one attached hydrogen (secondary N) is 1. The molecule has 0 aliphatic rings. The molecule has 6 nitrogen and oxygen atoms in total. The van der Waals surface area contributed by atoms with Crippen LogP contribution in [0.2, 0.25) is 0 Å². The van der Waals surface area contributed by atoms with Gasteiger partial charge in [0.2, 0.25) is 0 Å². The lowest BCUT2D eigenvalue weighted by Gasteiger charge is -2.15. The second-order valence-corrected chi connectivity index (χ2v) is 9.27. The number of anilines is 1. The van der Waals surface area contributed by atoms with E-state index in [1.54, 1.807) is 28.8 Å². The second-order valence-electron chi connectivity index (χ2n) is 8.24. The number of nitrogens with zero attached hydrogens (tertiary/aromatic N) is 4. The van der Waals surface area contributed by atoms with Crippen molar-refractivity contribution < 1.29 is 18.0 Å². The number of aryl methyl sites for hydroxylation is 1. The topological polar surface area (TPSA) is 72.2 Å². The molecule has 3 aromatic carbocycles. The maximum atomic E-state index is 13.5. The molecule has 186 valence electrons. The van der Waals surface area contributed by atoms with Crippen molar-refractivity contribution in [2.24, 2.45) is 0 Å². The van der Waals surface area contributed by atoms with Gasteiger partial charge < -0.3 is 5.32 Å². The molecule has 2 aromatic heterocycles. The highest BCUT2D eigenvalue weighted by molar-refractivity contribution is 7.99. The van der Waals surface area contributed by atoms with E-state index >= 15 is 0 Å². The van der Waals surface area contributed by atoms with Gasteiger partial charge in [0.1, 0.15) is 5.03 Å². The fraction of sp³-hybridized carbons (Fsp3) is 0.111. The molecular formula is C27H20F3N5OS. The summed E-state index contributed by atoms with van der Waals surface area (Å²) in [6, 6.07) is 21.2. The van der Waals surface area contributed by atoms with E-state index in [0.29, 0.717) is 22.2 Å². The Bertz CT molecular complexity index is 1620. The van der Waals surface area contributed by atoms with E-state index in [1.807, 2.05) is 44.2 Å². The summed E-state index contributed by atoms with van der Waals surface area (Å²) < 4.78 is 42.0. The molecular weight excluding hydrogens is 499 g/mol. The van der Waals surface area contributed by atoms with Crippen molar-refractivity contribution in [3.05, 3.63) is 101 Å². The smallest absolute Gasteiger partial charge is 0.321 e. The number of para-hydroxylation sites is 1. The molecule has 37 heavy (non-hydrogen) atoms. The van der Waals surface area contributed by atoms with Crippen molar-refractivity contribution in [2.75, 3.05) is 5.32 Å². The molecule has 0 saturated carbocycles. The van der Waals surface area contributed by atoms with Gasteiger partial charge in [-0.25, -0.2) is 4.98 Å². The van der Waals surface area contributed by atoms with Gasteiger partial charge in [-0.3, -0.25) is 4.79 Å². The quantitative estimate of drug-likeness (QED) is 0.258. The molecule has 2 heterocycles. The normalized spacial score (nSPS) is 11.6. The Balaban J connectivity index is 1.52. The van der Waals surface area contributed by atoms with E-state index < -0.39 is 23.2 Å². The highest BCUT2D eigenvalue weighted by Crippen LogP contribution is 2.37. The number of hydrogen-bond donors (Lipinski definition) is 1. The Hall–Kier alpha value is -4.18. The van der Waals surface area contributed by atoms with Gasteiger partial charge in [-0.05, 0) is 38.1 Å². The van der Waals surface area contributed by atoms with Crippen LogP contribution >= 0.6 is 11.8 Å². The van der Waals surface area contributed by atoms with Crippen molar-refractivity contribution in [3.63, 3.8) is 0 Å². The number of alkyl halides is 3. The summed E-state index contributed by atoms with van der Waals surface area (Å²) in [7, 11) is 0. The number of rotatable bonds is 5. The minimum atomic E-state index is -4.65. The van der Waals surface area contributed by atoms with Crippen LogP contribution in [0.25, 0.3) is 17.2 Å². The second kappa shape index (κ2) is 9.70. The monoisotopic (exact) mass is 519 g/mol. The van der Waals surface area contributed by atoms with E-state index in [9.17, 15) is 18.0 Å². The third kappa shape index (κ3) is 4.92. The predicted molar refractivity (Wildman–Crippen MR) is 136 cm³/mol. The lowest BCUT2D eigenvalue weighted by molar-refractivity contribution is -0.137. The Morgan fingerprint density at radius 1 is 0.892 bits per heavy atom. The molecule has 0 radical (unpaired) electrons. The number of aromatic nitrogens is 4. The largest absolute Gasteiger partial charge is 0.417 e. The van der Waals surface area contributed by atoms with Gasteiger partial charge in [-0.2, -0.15) is 22.7 Å². The van der Waals surface area contributed by atoms with E-state index in [1.165, 1.54) is 23.9 Å². The number of halogens is 3. The van der Waals surface area contributed by atoms with Crippen LogP contribution in [0.5, 0.6) is 0 Å². The average molecular weight is 520 g/mol. The van der Waals surface area contributed by atoms with Crippen LogP contribution in [0.15, 0.2) is 88.8 Å². The number of fused-ring (bicyclic) bond motifs is 1. The van der Waals surface area contributed by atoms with Crippen LogP contribution in [0.3, 0.4) is 0 Å². The first-order valence-corrected chi connectivity index (χ1v) is 12.1. The van der Waals surface area contributed by atoms with Gasteiger partial charge in [-0.15, -0.1) is 5.10 Å². The summed E-state index contributed by atoms with van der Waals surface area (Å²) in [6.45, 7) is 3.78. The molecule has 0 unspecified atom stereocenters. The maximum Gasteiger partial charge on any atom is 0.417 e. The predicted octanol–water partition coefficient (Wildman–Crippen LogP) is 6.83. The van der Waals surface area contributed by atoms with E-state index in [-0.39, 0.29) is 0 Å². The molecule has 1 amide bonds. The molecule has 0 bridgehead atoms. The van der Waals surface area contributed by atoms with Gasteiger partial charge in [0.15, 0.2) is 5.82 Å². The van der Waals surface area contributed by atoms with Crippen molar-refractivity contribution in [1.82, 2.24) is 19.6 Å². The molecule has 1 N–H and O–H groups in total. The van der Waals surface area contributed by atoms with Crippen LogP contribution in [0.4, 0.5) is 18.9 Å². The van der Waals surface area contributed by atoms with Crippen molar-refractivity contribution in [1.29, 1.82) is 0 Å². The highest BCUT2D eigenvalue weighted by atomic mass is 32.2. The number of hydrogen-bond acceptors (Lipinski definition) is 5. The molecule has 5 rings (SSSR count). The lowest BCUT2D eigenvalue weighted by atomic mass is 10.1. The molecule has 0 atom stereocenters. The summed E-state index contributed by atoms with van der Waals surface area (Å²) in [5, 5.41) is 8.05. The van der Waals surface area contributed by atoms with Gasteiger partial charge in [0.05, 0.1) is 16.8 Å². The van der Waals surface area contributed by atoms with Crippen LogP contribution in [0.1, 0.15) is 27.2 Å². The zero-order valence-corrected chi connectivity index (χ0v) is 20.6. The van der Waals surface area contributed by atoms with Gasteiger partial charge in [0, 0.05) is 21.7 Å². The summed E-state index contributed by atoms with van der Waals surface area (Å²) in [4.78, 5) is 22.7. The Kier molecular flexibility index (Phi) is 6.43. The van der Waals surface area contributed by atoms with Crippen molar-refractivity contribution >= 4 is 29.1 Å². The van der Waals surface area contributed by atoms with Gasteiger partial charge in [0.25, 0.3) is 11.7 Å². The Labute approximate surface area is 214 Å². The average Bonchev–Trinajstić information content (AvgIpc) is 3.31. The first-order valence-electron chi connectivity index (χ1n) is 11.3. The first kappa shape index (κ1) is 24.5. The fourth-order valence-electron chi connectivity index (χ4n) is 3.77. The summed E-state index contributed by atoms with van der Waals surface area (Å²) in [5.74, 6) is 0.0937. The number of amides is 1. The van der Waals surface area contributed by atoms with Crippen molar-refractivity contribution in [2.45, 2.75) is 29.9 Å². The number of benzene rings is 3. The van der Waals surface area contributed by atoms with E-state index in [2.05, 4.69) is 20.4 Å². The molecule has 0 spiro atoms. The van der Waals surface area contributed by atoms with Gasteiger partial charge >= 0.3 is 6.18 Å². The molecule has 10 heteroatoms. The summed E-state index contributed by atoms with van der Waals surface area (Å²) >= 11 is 1.32. The summed E-state index contributed by atoms with van der Waals surface area (Å²) in [5.41, 5.74) is 1.41. The van der Waals surface area contributed by atoms with E-state index in [4.69, 9.17) is 0 Å². The minimum absolute atomic E-state index is 0.375. The third-order valence-electron chi connectivity index (χ3n) is 5.76. The molecule has 5 aromatic rings. The van der Waals surface area contributed by atoms with Crippen LogP contribution in [0, 0.1) is 13.8 Å². The van der Waals surface area contributed by atoms with Crippen LogP contribution < -0.4 is 5.32 Å². The first-order chi connectivity index (χ1) is 17.7. The highest BCUT2D eigenvalue weighted by Gasteiger charge is 2.35. The molecule has 0 saturated heterocycles. The van der Waals surface area contributed by atoms with Gasteiger partial charge in [-0.1, -0.05) is 66.4 Å². The van der Waals surface area contributed by atoms with Crippen molar-refractivity contribution in [3.8, 4) is 11.4 Å².